The van der Waals surface area contributed by atoms with Crippen LogP contribution >= 0.6 is 0 Å². The van der Waals surface area contributed by atoms with Gasteiger partial charge in [0.15, 0.2) is 0 Å². The fraction of sp³-hybridized carbons (Fsp3) is 0.435. The van der Waals surface area contributed by atoms with Crippen LogP contribution in [0.1, 0.15) is 55.5 Å². The number of benzene rings is 1. The van der Waals surface area contributed by atoms with E-state index in [9.17, 15) is 24.6 Å². The van der Waals surface area contributed by atoms with Crippen LogP contribution in [-0.4, -0.2) is 53.3 Å². The molecule has 0 saturated carbocycles. The maximum Gasteiger partial charge on any atom is 0.343 e. The summed E-state index contributed by atoms with van der Waals surface area (Å²) in [7, 11) is 0. The highest BCUT2D eigenvalue weighted by atomic mass is 16.7. The summed E-state index contributed by atoms with van der Waals surface area (Å²) in [6.07, 6.45) is 5.68. The monoisotopic (exact) mass is 447 g/mol. The zero-order valence-corrected chi connectivity index (χ0v) is 18.2. The van der Waals surface area contributed by atoms with Gasteiger partial charge in [0.25, 0.3) is 0 Å². The molecule has 0 bridgehead atoms. The summed E-state index contributed by atoms with van der Waals surface area (Å²) in [5, 5.41) is 20.5. The third kappa shape index (κ3) is 8.16. The Morgan fingerprint density at radius 1 is 1.28 bits per heavy atom. The average molecular weight is 447 g/mol. The van der Waals surface area contributed by atoms with Crippen molar-refractivity contribution in [2.45, 2.75) is 51.7 Å². The number of ketones is 1. The number of ether oxygens (including phenoxy) is 2. The normalized spacial score (nSPS) is 19.6. The Bertz CT molecular complexity index is 877. The Kier molecular flexibility index (Phi) is 9.90. The summed E-state index contributed by atoms with van der Waals surface area (Å²) >= 11 is 0. The number of phenolic OH excluding ortho intramolecular Hbond substituents is 1. The molecule has 1 aromatic rings. The molecule has 1 aliphatic heterocycles. The number of Topliss-reactive ketones (excluding diaryl/α,β-unsaturated/α-hetero) is 1. The molecule has 9 nitrogen and oxygen atoms in total. The van der Waals surface area contributed by atoms with Crippen LogP contribution in [-0.2, 0) is 19.2 Å². The van der Waals surface area contributed by atoms with E-state index >= 15 is 0 Å². The van der Waals surface area contributed by atoms with Crippen LogP contribution in [0.4, 0.5) is 0 Å². The SMILES string of the molecule is CC(=O)ONCCCOc1ccc(O)c2c1C=CC[C@H](O)CC(=O)CC=C[C@H](C)OC2=O. The molecule has 0 amide bonds. The van der Waals surface area contributed by atoms with Gasteiger partial charge in [-0.25, -0.2) is 4.79 Å². The maximum absolute atomic E-state index is 12.8. The molecule has 0 fully saturated rings. The Balaban J connectivity index is 2.26. The number of fused-ring (bicyclic) bond motifs is 1. The molecule has 0 unspecified atom stereocenters. The number of aromatic hydroxyl groups is 1. The van der Waals surface area contributed by atoms with Crippen LogP contribution in [0.5, 0.6) is 11.5 Å². The van der Waals surface area contributed by atoms with Crippen molar-refractivity contribution in [2.75, 3.05) is 13.2 Å². The molecule has 0 aromatic heterocycles. The van der Waals surface area contributed by atoms with Crippen molar-refractivity contribution in [2.24, 2.45) is 0 Å². The molecular weight excluding hydrogens is 418 g/mol. The van der Waals surface area contributed by atoms with Crippen LogP contribution in [0.15, 0.2) is 30.4 Å². The van der Waals surface area contributed by atoms with Crippen molar-refractivity contribution in [3.63, 3.8) is 0 Å². The maximum atomic E-state index is 12.8. The number of rotatable bonds is 6. The minimum absolute atomic E-state index is 0.00837. The van der Waals surface area contributed by atoms with Crippen molar-refractivity contribution in [3.05, 3.63) is 41.5 Å². The molecule has 1 aromatic carbocycles. The van der Waals surface area contributed by atoms with E-state index in [1.807, 2.05) is 0 Å². The quantitative estimate of drug-likeness (QED) is 0.260. The van der Waals surface area contributed by atoms with E-state index in [1.54, 1.807) is 31.2 Å². The van der Waals surface area contributed by atoms with Gasteiger partial charge >= 0.3 is 11.9 Å². The second-order valence-electron chi connectivity index (χ2n) is 7.34. The molecule has 32 heavy (non-hydrogen) atoms. The fourth-order valence-corrected chi connectivity index (χ4v) is 3.00. The molecule has 1 aliphatic rings. The van der Waals surface area contributed by atoms with Gasteiger partial charge in [-0.3, -0.25) is 9.59 Å². The van der Waals surface area contributed by atoms with Gasteiger partial charge in [-0.1, -0.05) is 18.2 Å². The summed E-state index contributed by atoms with van der Waals surface area (Å²) in [6, 6.07) is 2.87. The van der Waals surface area contributed by atoms with Gasteiger partial charge in [0.2, 0.25) is 0 Å². The summed E-state index contributed by atoms with van der Waals surface area (Å²) < 4.78 is 11.2. The van der Waals surface area contributed by atoms with Crippen molar-refractivity contribution < 1.29 is 38.9 Å². The Morgan fingerprint density at radius 2 is 2.06 bits per heavy atom. The summed E-state index contributed by atoms with van der Waals surface area (Å²) in [5.41, 5.74) is 2.75. The van der Waals surface area contributed by atoms with Crippen LogP contribution in [0.3, 0.4) is 0 Å². The van der Waals surface area contributed by atoms with E-state index in [-0.39, 0.29) is 43.0 Å². The Morgan fingerprint density at radius 3 is 2.81 bits per heavy atom. The first-order valence-corrected chi connectivity index (χ1v) is 10.4. The van der Waals surface area contributed by atoms with Gasteiger partial charge in [0.05, 0.1) is 12.7 Å². The van der Waals surface area contributed by atoms with Gasteiger partial charge < -0.3 is 24.5 Å². The molecule has 2 rings (SSSR count). The predicted molar refractivity (Wildman–Crippen MR) is 116 cm³/mol. The number of esters is 1. The van der Waals surface area contributed by atoms with Crippen LogP contribution in [0.2, 0.25) is 0 Å². The van der Waals surface area contributed by atoms with Crippen LogP contribution in [0, 0.1) is 0 Å². The topological polar surface area (TPSA) is 131 Å². The molecule has 174 valence electrons. The molecule has 3 N–H and O–H groups in total. The highest BCUT2D eigenvalue weighted by Gasteiger charge is 2.22. The lowest BCUT2D eigenvalue weighted by atomic mass is 10.0. The van der Waals surface area contributed by atoms with Gasteiger partial charge in [-0.15, -0.1) is 0 Å². The third-order valence-electron chi connectivity index (χ3n) is 4.49. The number of aliphatic hydroxyl groups excluding tert-OH is 1. The van der Waals surface area contributed by atoms with Gasteiger partial charge in [0.1, 0.15) is 28.9 Å². The van der Waals surface area contributed by atoms with Gasteiger partial charge in [-0.05, 0) is 38.0 Å². The zero-order valence-electron chi connectivity index (χ0n) is 18.2. The molecular formula is C23H29NO8. The molecule has 0 radical (unpaired) electrons. The van der Waals surface area contributed by atoms with E-state index in [2.05, 4.69) is 10.3 Å². The third-order valence-corrected chi connectivity index (χ3v) is 4.49. The standard InChI is InChI=1S/C23H29NO8/c1-15-6-3-7-17(26)14-18(27)8-4-9-19-21(30-13-5-12-24-32-16(2)25)11-10-20(28)22(19)23(29)31-15/h3-4,6,9-11,15,18,24,27-28H,5,7-8,12-14H2,1-2H3/t15-,18-/m0/s1. The number of carbonyl (C=O) groups is 3. The minimum atomic E-state index is -0.864. The van der Waals surface area contributed by atoms with Crippen molar-refractivity contribution in [1.82, 2.24) is 5.48 Å². The van der Waals surface area contributed by atoms with Crippen LogP contribution < -0.4 is 10.2 Å². The molecule has 1 heterocycles. The smallest absolute Gasteiger partial charge is 0.343 e. The minimum Gasteiger partial charge on any atom is -0.507 e. The number of aliphatic hydroxyl groups is 1. The lowest BCUT2D eigenvalue weighted by Gasteiger charge is -2.16. The molecule has 0 saturated heterocycles. The van der Waals surface area contributed by atoms with Crippen molar-refractivity contribution in [1.29, 1.82) is 0 Å². The second kappa shape index (κ2) is 12.6. The number of hydrogen-bond acceptors (Lipinski definition) is 9. The van der Waals surface area contributed by atoms with E-state index in [0.29, 0.717) is 24.3 Å². The Hall–Kier alpha value is -3.17. The number of phenols is 1. The number of cyclic esters (lactones) is 1. The first-order valence-electron chi connectivity index (χ1n) is 10.4. The molecule has 0 aliphatic carbocycles. The number of nitrogens with one attached hydrogen (secondary N) is 1. The highest BCUT2D eigenvalue weighted by Crippen LogP contribution is 2.32. The van der Waals surface area contributed by atoms with E-state index in [0.717, 1.165) is 0 Å². The molecule has 0 spiro atoms. The average Bonchev–Trinajstić information content (AvgIpc) is 2.70. The second-order valence-corrected chi connectivity index (χ2v) is 7.34. The van der Waals surface area contributed by atoms with E-state index in [1.165, 1.54) is 19.1 Å². The van der Waals surface area contributed by atoms with Crippen molar-refractivity contribution >= 4 is 23.8 Å². The largest absolute Gasteiger partial charge is 0.507 e. The Labute approximate surface area is 186 Å². The first-order chi connectivity index (χ1) is 15.3. The highest BCUT2D eigenvalue weighted by molar-refractivity contribution is 5.98. The first kappa shape index (κ1) is 25.1. The van der Waals surface area contributed by atoms with Gasteiger partial charge in [-0.2, -0.15) is 5.48 Å². The lowest BCUT2D eigenvalue weighted by Crippen LogP contribution is -2.20. The number of hydroxylamine groups is 1. The van der Waals surface area contributed by atoms with Crippen LogP contribution in [0.25, 0.3) is 6.08 Å². The molecule has 9 heteroatoms. The number of allylic oxidation sites excluding steroid dienone is 1. The number of hydrogen-bond donors (Lipinski definition) is 3. The fourth-order valence-electron chi connectivity index (χ4n) is 3.00. The van der Waals surface area contributed by atoms with E-state index in [4.69, 9.17) is 9.47 Å². The van der Waals surface area contributed by atoms with Gasteiger partial charge in [0, 0.05) is 31.9 Å². The number of carbonyl (C=O) groups excluding carboxylic acids is 3. The predicted octanol–water partition coefficient (Wildman–Crippen LogP) is 2.46. The summed E-state index contributed by atoms with van der Waals surface area (Å²) in [5.74, 6) is -1.25. The molecule has 2 atom stereocenters. The van der Waals surface area contributed by atoms with E-state index < -0.39 is 24.1 Å². The lowest BCUT2D eigenvalue weighted by molar-refractivity contribution is -0.148. The summed E-state index contributed by atoms with van der Waals surface area (Å²) in [6.45, 7) is 3.53. The zero-order chi connectivity index (χ0) is 23.5. The van der Waals surface area contributed by atoms with Crippen molar-refractivity contribution in [3.8, 4) is 11.5 Å². The summed E-state index contributed by atoms with van der Waals surface area (Å²) in [4.78, 5) is 40.1.